The SMILES string of the molecule is O=C1N[C@@H](c2ccc([N+](=O)[O-])cc2)Nc2sc3c(c21)CCN(Cc1ccccc1)C3. The van der Waals surface area contributed by atoms with E-state index < -0.39 is 11.1 Å². The summed E-state index contributed by atoms with van der Waals surface area (Å²) < 4.78 is 0. The van der Waals surface area contributed by atoms with Gasteiger partial charge in [0, 0.05) is 36.6 Å². The quantitative estimate of drug-likeness (QED) is 0.491. The third-order valence-electron chi connectivity index (χ3n) is 5.60. The lowest BCUT2D eigenvalue weighted by Gasteiger charge is -2.28. The lowest BCUT2D eigenvalue weighted by atomic mass is 10.00. The Bertz CT molecular complexity index is 1110. The minimum atomic E-state index is -0.427. The van der Waals surface area contributed by atoms with Gasteiger partial charge in [-0.25, -0.2) is 0 Å². The number of anilines is 1. The van der Waals surface area contributed by atoms with Gasteiger partial charge in [0.05, 0.1) is 10.5 Å². The molecular formula is C22H20N4O3S. The van der Waals surface area contributed by atoms with Crippen LogP contribution in [0.2, 0.25) is 0 Å². The molecule has 0 aliphatic carbocycles. The topological polar surface area (TPSA) is 87.5 Å². The fraction of sp³-hybridized carbons (Fsp3) is 0.227. The molecule has 0 unspecified atom stereocenters. The van der Waals surface area contributed by atoms with Crippen LogP contribution >= 0.6 is 11.3 Å². The molecule has 0 radical (unpaired) electrons. The Morgan fingerprint density at radius 1 is 1.10 bits per heavy atom. The number of hydrogen-bond donors (Lipinski definition) is 2. The second-order valence-electron chi connectivity index (χ2n) is 7.55. The van der Waals surface area contributed by atoms with E-state index in [1.807, 2.05) is 6.07 Å². The molecule has 0 fully saturated rings. The van der Waals surface area contributed by atoms with E-state index in [0.717, 1.165) is 47.7 Å². The number of amides is 1. The van der Waals surface area contributed by atoms with Gasteiger partial charge in [0.25, 0.3) is 11.6 Å². The predicted molar refractivity (Wildman–Crippen MR) is 116 cm³/mol. The number of rotatable bonds is 4. The lowest BCUT2D eigenvalue weighted by molar-refractivity contribution is -0.384. The maximum absolute atomic E-state index is 12.9. The van der Waals surface area contributed by atoms with Gasteiger partial charge in [-0.15, -0.1) is 11.3 Å². The molecule has 8 heteroatoms. The molecule has 1 atom stereocenters. The molecule has 2 aromatic carbocycles. The summed E-state index contributed by atoms with van der Waals surface area (Å²) in [5.74, 6) is -0.0823. The monoisotopic (exact) mass is 420 g/mol. The van der Waals surface area contributed by atoms with Crippen molar-refractivity contribution in [1.29, 1.82) is 0 Å². The number of nitro benzene ring substituents is 1. The maximum atomic E-state index is 12.9. The highest BCUT2D eigenvalue weighted by Crippen LogP contribution is 2.41. The number of thiophene rings is 1. The van der Waals surface area contributed by atoms with Gasteiger partial charge in [0.2, 0.25) is 0 Å². The zero-order chi connectivity index (χ0) is 20.7. The summed E-state index contributed by atoms with van der Waals surface area (Å²) in [5.41, 5.74) is 4.01. The number of fused-ring (bicyclic) bond motifs is 3. The van der Waals surface area contributed by atoms with Crippen molar-refractivity contribution >= 4 is 27.9 Å². The molecule has 0 saturated carbocycles. The summed E-state index contributed by atoms with van der Waals surface area (Å²) in [6.07, 6.45) is 0.456. The van der Waals surface area contributed by atoms with Crippen LogP contribution in [0.1, 0.15) is 38.1 Å². The molecule has 0 bridgehead atoms. The van der Waals surface area contributed by atoms with E-state index in [2.05, 4.69) is 39.8 Å². The Labute approximate surface area is 177 Å². The number of carbonyl (C=O) groups excluding carboxylic acids is 1. The van der Waals surface area contributed by atoms with Gasteiger partial charge in [-0.3, -0.25) is 19.8 Å². The minimum absolute atomic E-state index is 0.0340. The van der Waals surface area contributed by atoms with Crippen molar-refractivity contribution in [2.45, 2.75) is 25.7 Å². The van der Waals surface area contributed by atoms with Gasteiger partial charge in [0.15, 0.2) is 0 Å². The first-order valence-corrected chi connectivity index (χ1v) is 10.6. The molecular weight excluding hydrogens is 400 g/mol. The summed E-state index contributed by atoms with van der Waals surface area (Å²) in [6, 6.07) is 16.7. The van der Waals surface area contributed by atoms with Crippen molar-refractivity contribution in [3.05, 3.63) is 91.8 Å². The molecule has 30 heavy (non-hydrogen) atoms. The Hall–Kier alpha value is -3.23. The van der Waals surface area contributed by atoms with Crippen molar-refractivity contribution in [1.82, 2.24) is 10.2 Å². The van der Waals surface area contributed by atoms with Crippen LogP contribution in [-0.4, -0.2) is 22.3 Å². The number of nitro groups is 1. The molecule has 7 nitrogen and oxygen atoms in total. The highest BCUT2D eigenvalue weighted by atomic mass is 32.1. The summed E-state index contributed by atoms with van der Waals surface area (Å²) in [4.78, 5) is 27.0. The number of carbonyl (C=O) groups is 1. The molecule has 3 heterocycles. The molecule has 1 aromatic heterocycles. The van der Waals surface area contributed by atoms with Gasteiger partial charge >= 0.3 is 0 Å². The Balaban J connectivity index is 1.36. The van der Waals surface area contributed by atoms with Crippen molar-refractivity contribution in [3.8, 4) is 0 Å². The molecule has 2 aliphatic rings. The average Bonchev–Trinajstić information content (AvgIpc) is 3.12. The number of benzene rings is 2. The van der Waals surface area contributed by atoms with Crippen molar-refractivity contribution < 1.29 is 9.72 Å². The Morgan fingerprint density at radius 3 is 2.60 bits per heavy atom. The average molecular weight is 420 g/mol. The van der Waals surface area contributed by atoms with Crippen molar-refractivity contribution in [2.75, 3.05) is 11.9 Å². The lowest BCUT2D eigenvalue weighted by Crippen LogP contribution is -2.38. The summed E-state index contributed by atoms with van der Waals surface area (Å²) >= 11 is 1.64. The first-order valence-electron chi connectivity index (χ1n) is 9.81. The van der Waals surface area contributed by atoms with E-state index in [0.29, 0.717) is 0 Å². The minimum Gasteiger partial charge on any atom is -0.353 e. The molecule has 5 rings (SSSR count). The van der Waals surface area contributed by atoms with Crippen LogP contribution in [0, 0.1) is 10.1 Å². The molecule has 0 spiro atoms. The highest BCUT2D eigenvalue weighted by molar-refractivity contribution is 7.16. The number of nitrogens with one attached hydrogen (secondary N) is 2. The Morgan fingerprint density at radius 2 is 1.87 bits per heavy atom. The molecule has 152 valence electrons. The second kappa shape index (κ2) is 7.55. The fourth-order valence-electron chi connectivity index (χ4n) is 4.10. The van der Waals surface area contributed by atoms with Crippen LogP contribution in [0.4, 0.5) is 10.7 Å². The van der Waals surface area contributed by atoms with Crippen LogP contribution < -0.4 is 10.6 Å². The standard InChI is InChI=1S/C22H20N4O3S/c27-21-19-17-10-11-25(12-14-4-2-1-3-5-14)13-18(17)30-22(19)24-20(23-21)15-6-8-16(9-7-15)26(28)29/h1-9,20,24H,10-13H2,(H,23,27)/t20-/m1/s1. The number of non-ortho nitro benzene ring substituents is 1. The van der Waals surface area contributed by atoms with E-state index in [1.54, 1.807) is 23.5 Å². The van der Waals surface area contributed by atoms with Gasteiger partial charge in [-0.2, -0.15) is 0 Å². The van der Waals surface area contributed by atoms with Crippen LogP contribution in [0.25, 0.3) is 0 Å². The zero-order valence-corrected chi connectivity index (χ0v) is 16.9. The number of hydrogen-bond acceptors (Lipinski definition) is 6. The predicted octanol–water partition coefficient (Wildman–Crippen LogP) is 4.07. The zero-order valence-electron chi connectivity index (χ0n) is 16.1. The van der Waals surface area contributed by atoms with E-state index in [-0.39, 0.29) is 11.6 Å². The summed E-state index contributed by atoms with van der Waals surface area (Å²) in [6.45, 7) is 2.65. The smallest absolute Gasteiger partial charge is 0.269 e. The van der Waals surface area contributed by atoms with Crippen LogP contribution in [-0.2, 0) is 19.5 Å². The van der Waals surface area contributed by atoms with Crippen molar-refractivity contribution in [2.24, 2.45) is 0 Å². The third-order valence-corrected chi connectivity index (χ3v) is 6.75. The van der Waals surface area contributed by atoms with Crippen LogP contribution in [0.3, 0.4) is 0 Å². The first-order chi connectivity index (χ1) is 14.6. The summed E-state index contributed by atoms with van der Waals surface area (Å²) in [5, 5.41) is 18.2. The van der Waals surface area contributed by atoms with Gasteiger partial charge in [-0.05, 0) is 35.2 Å². The largest absolute Gasteiger partial charge is 0.353 e. The van der Waals surface area contributed by atoms with E-state index in [9.17, 15) is 14.9 Å². The van der Waals surface area contributed by atoms with E-state index >= 15 is 0 Å². The molecule has 1 amide bonds. The normalized spacial score (nSPS) is 18.1. The molecule has 0 saturated heterocycles. The van der Waals surface area contributed by atoms with Gasteiger partial charge in [0.1, 0.15) is 11.2 Å². The van der Waals surface area contributed by atoms with E-state index in [1.165, 1.54) is 22.6 Å². The molecule has 3 aromatic rings. The maximum Gasteiger partial charge on any atom is 0.269 e. The van der Waals surface area contributed by atoms with Gasteiger partial charge < -0.3 is 10.6 Å². The third kappa shape index (κ3) is 3.44. The molecule has 2 aliphatic heterocycles. The molecule has 2 N–H and O–H groups in total. The Kier molecular flexibility index (Phi) is 4.72. The van der Waals surface area contributed by atoms with Gasteiger partial charge in [-0.1, -0.05) is 30.3 Å². The second-order valence-corrected chi connectivity index (χ2v) is 8.66. The fourth-order valence-corrected chi connectivity index (χ4v) is 5.42. The number of nitrogens with zero attached hydrogens (tertiary/aromatic N) is 2. The van der Waals surface area contributed by atoms with Crippen molar-refractivity contribution in [3.63, 3.8) is 0 Å². The van der Waals surface area contributed by atoms with Crippen LogP contribution in [0.15, 0.2) is 54.6 Å². The highest BCUT2D eigenvalue weighted by Gasteiger charge is 2.33. The van der Waals surface area contributed by atoms with Crippen LogP contribution in [0.5, 0.6) is 0 Å². The first kappa shape index (κ1) is 18.8. The summed E-state index contributed by atoms with van der Waals surface area (Å²) in [7, 11) is 0. The van der Waals surface area contributed by atoms with E-state index in [4.69, 9.17) is 0 Å².